The van der Waals surface area contributed by atoms with Crippen molar-refractivity contribution in [1.29, 1.82) is 0 Å². The van der Waals surface area contributed by atoms with E-state index in [2.05, 4.69) is 27.2 Å². The third-order valence-electron chi connectivity index (χ3n) is 5.23. The zero-order chi connectivity index (χ0) is 17.1. The van der Waals surface area contributed by atoms with Crippen LogP contribution in [-0.2, 0) is 17.8 Å². The van der Waals surface area contributed by atoms with Gasteiger partial charge in [0.2, 0.25) is 11.8 Å². The van der Waals surface area contributed by atoms with Crippen molar-refractivity contribution in [3.05, 3.63) is 47.7 Å². The normalized spacial score (nSPS) is 21.4. The molecule has 1 aliphatic carbocycles. The first-order valence-electron chi connectivity index (χ1n) is 9.39. The number of Topliss-reactive ketones (excluding diaryl/α,β-unsaturated/α-hetero) is 1. The maximum Gasteiger partial charge on any atom is 0.230 e. The van der Waals surface area contributed by atoms with Gasteiger partial charge in [-0.05, 0) is 44.2 Å². The highest BCUT2D eigenvalue weighted by Gasteiger charge is 2.30. The molecule has 4 rings (SSSR count). The fourth-order valence-corrected chi connectivity index (χ4v) is 3.60. The maximum absolute atomic E-state index is 12.6. The van der Waals surface area contributed by atoms with E-state index in [-0.39, 0.29) is 5.92 Å². The SMILES string of the molecule is O=C(CCc1ccccc1)[C@@H]1CCCN(Cc2nnc(C3CC3)o2)C1. The van der Waals surface area contributed by atoms with Gasteiger partial charge in [0, 0.05) is 24.8 Å². The summed E-state index contributed by atoms with van der Waals surface area (Å²) in [7, 11) is 0. The number of rotatable bonds is 7. The Morgan fingerprint density at radius 3 is 2.80 bits per heavy atom. The summed E-state index contributed by atoms with van der Waals surface area (Å²) in [6.07, 6.45) is 5.87. The van der Waals surface area contributed by atoms with Gasteiger partial charge in [0.05, 0.1) is 6.54 Å². The highest BCUT2D eigenvalue weighted by molar-refractivity contribution is 5.81. The van der Waals surface area contributed by atoms with Crippen LogP contribution < -0.4 is 0 Å². The Hall–Kier alpha value is -2.01. The van der Waals surface area contributed by atoms with Crippen LogP contribution in [0.3, 0.4) is 0 Å². The van der Waals surface area contributed by atoms with Crippen LogP contribution in [0.25, 0.3) is 0 Å². The Morgan fingerprint density at radius 1 is 1.16 bits per heavy atom. The standard InChI is InChI=1S/C20H25N3O2/c24-18(11-8-15-5-2-1-3-6-15)17-7-4-12-23(13-17)14-19-21-22-20(25-19)16-9-10-16/h1-3,5-6,16-17H,4,7-14H2/t17-/m1/s1. The second-order valence-electron chi connectivity index (χ2n) is 7.33. The number of piperidine rings is 1. The lowest BCUT2D eigenvalue weighted by Gasteiger charge is -2.30. The van der Waals surface area contributed by atoms with Crippen LogP contribution in [0.2, 0.25) is 0 Å². The Labute approximate surface area is 148 Å². The number of carbonyl (C=O) groups excluding carboxylic acids is 1. The monoisotopic (exact) mass is 339 g/mol. The predicted molar refractivity (Wildman–Crippen MR) is 94.0 cm³/mol. The summed E-state index contributed by atoms with van der Waals surface area (Å²) in [5, 5.41) is 8.32. The number of aromatic nitrogens is 2. The number of likely N-dealkylation sites (tertiary alicyclic amines) is 1. The van der Waals surface area contributed by atoms with Crippen molar-refractivity contribution in [3.63, 3.8) is 0 Å². The lowest BCUT2D eigenvalue weighted by Crippen LogP contribution is -2.38. The second kappa shape index (κ2) is 7.48. The number of hydrogen-bond donors (Lipinski definition) is 0. The highest BCUT2D eigenvalue weighted by Crippen LogP contribution is 2.39. The van der Waals surface area contributed by atoms with Crippen molar-refractivity contribution >= 4 is 5.78 Å². The smallest absolute Gasteiger partial charge is 0.230 e. The van der Waals surface area contributed by atoms with Crippen molar-refractivity contribution in [2.24, 2.45) is 5.92 Å². The predicted octanol–water partition coefficient (Wildman–Crippen LogP) is 3.36. The average molecular weight is 339 g/mol. The number of ketones is 1. The molecular weight excluding hydrogens is 314 g/mol. The molecule has 1 aromatic carbocycles. The summed E-state index contributed by atoms with van der Waals surface area (Å²) in [5.74, 6) is 2.51. The van der Waals surface area contributed by atoms with E-state index in [1.807, 2.05) is 18.2 Å². The molecule has 0 bridgehead atoms. The number of carbonyl (C=O) groups is 1. The van der Waals surface area contributed by atoms with Crippen LogP contribution >= 0.6 is 0 Å². The van der Waals surface area contributed by atoms with E-state index < -0.39 is 0 Å². The second-order valence-corrected chi connectivity index (χ2v) is 7.33. The van der Waals surface area contributed by atoms with Gasteiger partial charge >= 0.3 is 0 Å². The van der Waals surface area contributed by atoms with Crippen LogP contribution in [0.4, 0.5) is 0 Å². The molecular formula is C20H25N3O2. The van der Waals surface area contributed by atoms with Gasteiger partial charge in [-0.1, -0.05) is 30.3 Å². The largest absolute Gasteiger partial charge is 0.424 e. The first kappa shape index (κ1) is 16.5. The molecule has 1 saturated carbocycles. The fourth-order valence-electron chi connectivity index (χ4n) is 3.60. The summed E-state index contributed by atoms with van der Waals surface area (Å²) >= 11 is 0. The van der Waals surface area contributed by atoms with Gasteiger partial charge in [0.25, 0.3) is 0 Å². The molecule has 0 radical (unpaired) electrons. The fraction of sp³-hybridized carbons (Fsp3) is 0.550. The molecule has 0 amide bonds. The van der Waals surface area contributed by atoms with E-state index in [9.17, 15) is 4.79 Å². The van der Waals surface area contributed by atoms with Gasteiger partial charge < -0.3 is 4.42 Å². The Bertz CT molecular complexity index is 709. The molecule has 2 fully saturated rings. The van der Waals surface area contributed by atoms with Crippen molar-refractivity contribution in [2.45, 2.75) is 51.0 Å². The Morgan fingerprint density at radius 2 is 2.00 bits per heavy atom. The maximum atomic E-state index is 12.6. The third kappa shape index (κ3) is 4.34. The number of aryl methyl sites for hydroxylation is 1. The first-order valence-corrected chi connectivity index (χ1v) is 9.39. The zero-order valence-corrected chi connectivity index (χ0v) is 14.6. The summed E-state index contributed by atoms with van der Waals surface area (Å²) in [6, 6.07) is 10.3. The topological polar surface area (TPSA) is 59.2 Å². The summed E-state index contributed by atoms with van der Waals surface area (Å²) in [6.45, 7) is 2.49. The van der Waals surface area contributed by atoms with E-state index >= 15 is 0 Å². The molecule has 1 aliphatic heterocycles. The lowest BCUT2D eigenvalue weighted by molar-refractivity contribution is -0.124. The average Bonchev–Trinajstić information content (AvgIpc) is 3.40. The molecule has 5 heteroatoms. The minimum absolute atomic E-state index is 0.142. The van der Waals surface area contributed by atoms with E-state index in [4.69, 9.17) is 4.42 Å². The molecule has 2 aromatic rings. The molecule has 0 unspecified atom stereocenters. The number of benzene rings is 1. The van der Waals surface area contributed by atoms with E-state index in [0.29, 0.717) is 30.6 Å². The summed E-state index contributed by atoms with van der Waals surface area (Å²) in [5.41, 5.74) is 1.24. The quantitative estimate of drug-likeness (QED) is 0.774. The van der Waals surface area contributed by atoms with Crippen LogP contribution in [0, 0.1) is 5.92 Å². The lowest BCUT2D eigenvalue weighted by atomic mass is 9.90. The molecule has 132 valence electrons. The van der Waals surface area contributed by atoms with E-state index in [1.165, 1.54) is 18.4 Å². The Balaban J connectivity index is 1.28. The molecule has 1 atom stereocenters. The van der Waals surface area contributed by atoms with Gasteiger partial charge in [-0.2, -0.15) is 0 Å². The molecule has 2 aliphatic rings. The third-order valence-corrected chi connectivity index (χ3v) is 5.23. The van der Waals surface area contributed by atoms with E-state index in [1.54, 1.807) is 0 Å². The van der Waals surface area contributed by atoms with E-state index in [0.717, 1.165) is 38.2 Å². The summed E-state index contributed by atoms with van der Waals surface area (Å²) in [4.78, 5) is 14.9. The minimum atomic E-state index is 0.142. The molecule has 5 nitrogen and oxygen atoms in total. The molecule has 1 aromatic heterocycles. The van der Waals surface area contributed by atoms with Gasteiger partial charge in [0.1, 0.15) is 5.78 Å². The van der Waals surface area contributed by atoms with Crippen molar-refractivity contribution in [2.75, 3.05) is 13.1 Å². The Kier molecular flexibility index (Phi) is 4.92. The highest BCUT2D eigenvalue weighted by atomic mass is 16.4. The van der Waals surface area contributed by atoms with Crippen LogP contribution in [0.1, 0.15) is 55.4 Å². The summed E-state index contributed by atoms with van der Waals surface area (Å²) < 4.78 is 5.76. The van der Waals surface area contributed by atoms with Gasteiger partial charge in [-0.25, -0.2) is 0 Å². The zero-order valence-electron chi connectivity index (χ0n) is 14.6. The molecule has 25 heavy (non-hydrogen) atoms. The number of nitrogens with zero attached hydrogens (tertiary/aromatic N) is 3. The van der Waals surface area contributed by atoms with Gasteiger partial charge in [0.15, 0.2) is 0 Å². The van der Waals surface area contributed by atoms with Crippen molar-refractivity contribution in [1.82, 2.24) is 15.1 Å². The molecule has 2 heterocycles. The number of hydrogen-bond acceptors (Lipinski definition) is 5. The van der Waals surface area contributed by atoms with Gasteiger partial charge in [-0.3, -0.25) is 9.69 Å². The minimum Gasteiger partial charge on any atom is -0.424 e. The van der Waals surface area contributed by atoms with Crippen LogP contribution in [0.15, 0.2) is 34.7 Å². The van der Waals surface area contributed by atoms with Crippen LogP contribution in [0.5, 0.6) is 0 Å². The molecule has 1 saturated heterocycles. The van der Waals surface area contributed by atoms with Crippen LogP contribution in [-0.4, -0.2) is 34.0 Å². The van der Waals surface area contributed by atoms with Gasteiger partial charge in [-0.15, -0.1) is 10.2 Å². The first-order chi connectivity index (χ1) is 12.3. The van der Waals surface area contributed by atoms with Crippen molar-refractivity contribution < 1.29 is 9.21 Å². The van der Waals surface area contributed by atoms with Crippen molar-refractivity contribution in [3.8, 4) is 0 Å². The molecule has 0 N–H and O–H groups in total. The molecule has 0 spiro atoms.